The van der Waals surface area contributed by atoms with Crippen molar-refractivity contribution in [1.29, 1.82) is 0 Å². The van der Waals surface area contributed by atoms with Crippen molar-refractivity contribution in [3.8, 4) is 0 Å². The van der Waals surface area contributed by atoms with Crippen molar-refractivity contribution in [3.63, 3.8) is 0 Å². The molecule has 1 aromatic heterocycles. The zero-order chi connectivity index (χ0) is 15.6. The molecule has 2 aromatic rings. The normalized spacial score (nSPS) is 12.0. The average Bonchev–Trinajstić information content (AvgIpc) is 2.84. The van der Waals surface area contributed by atoms with E-state index in [1.165, 1.54) is 30.5 Å². The van der Waals surface area contributed by atoms with E-state index in [0.717, 1.165) is 19.7 Å². The first-order valence-corrected chi connectivity index (χ1v) is 9.13. The molecule has 0 unspecified atom stereocenters. The van der Waals surface area contributed by atoms with Crippen molar-refractivity contribution < 1.29 is 12.8 Å². The van der Waals surface area contributed by atoms with Crippen LogP contribution < -0.4 is 5.73 Å². The number of sulfonamides is 1. The fourth-order valence-corrected chi connectivity index (χ4v) is 4.28. The molecule has 1 heterocycles. The molecule has 114 valence electrons. The maximum absolute atomic E-state index is 13.9. The van der Waals surface area contributed by atoms with Crippen molar-refractivity contribution in [1.82, 2.24) is 4.31 Å². The van der Waals surface area contributed by atoms with Crippen LogP contribution in [0.1, 0.15) is 11.1 Å². The molecule has 0 aliphatic heterocycles. The topological polar surface area (TPSA) is 63.4 Å². The van der Waals surface area contributed by atoms with E-state index >= 15 is 0 Å². The molecule has 0 atom stereocenters. The Morgan fingerprint density at radius 2 is 2.05 bits per heavy atom. The second-order valence-corrected chi connectivity index (χ2v) is 8.79. The molecule has 0 radical (unpaired) electrons. The highest BCUT2D eigenvalue weighted by Crippen LogP contribution is 2.25. The van der Waals surface area contributed by atoms with Crippen LogP contribution in [0.5, 0.6) is 0 Å². The van der Waals surface area contributed by atoms with Crippen LogP contribution in [0.2, 0.25) is 0 Å². The van der Waals surface area contributed by atoms with Crippen molar-refractivity contribution in [2.24, 2.45) is 5.73 Å². The van der Waals surface area contributed by atoms with E-state index in [9.17, 15) is 12.8 Å². The van der Waals surface area contributed by atoms with E-state index in [0.29, 0.717) is 5.56 Å². The van der Waals surface area contributed by atoms with E-state index in [4.69, 9.17) is 5.73 Å². The third-order valence-electron chi connectivity index (χ3n) is 2.95. The van der Waals surface area contributed by atoms with Crippen LogP contribution in [0, 0.1) is 5.82 Å². The van der Waals surface area contributed by atoms with E-state index < -0.39 is 15.8 Å². The Morgan fingerprint density at radius 1 is 1.33 bits per heavy atom. The predicted molar refractivity (Wildman–Crippen MR) is 85.0 cm³/mol. The lowest BCUT2D eigenvalue weighted by molar-refractivity contribution is 0.460. The monoisotopic (exact) mass is 392 g/mol. The van der Waals surface area contributed by atoms with Gasteiger partial charge in [0.1, 0.15) is 10.7 Å². The van der Waals surface area contributed by atoms with Gasteiger partial charge in [-0.05, 0) is 50.6 Å². The number of thiophene rings is 1. The zero-order valence-electron chi connectivity index (χ0n) is 11.2. The number of hydrogen-bond donors (Lipinski definition) is 1. The molecule has 2 rings (SSSR count). The molecule has 0 saturated heterocycles. The molecule has 1 aromatic carbocycles. The molecule has 4 nitrogen and oxygen atoms in total. The molecule has 0 aliphatic carbocycles. The summed E-state index contributed by atoms with van der Waals surface area (Å²) in [5, 5.41) is 1.85. The molecular formula is C13H14BrFN2O2S2. The Labute approximate surface area is 135 Å². The molecule has 21 heavy (non-hydrogen) atoms. The van der Waals surface area contributed by atoms with Gasteiger partial charge in [0.25, 0.3) is 0 Å². The van der Waals surface area contributed by atoms with Gasteiger partial charge in [-0.25, -0.2) is 12.8 Å². The van der Waals surface area contributed by atoms with E-state index in [1.54, 1.807) is 0 Å². The van der Waals surface area contributed by atoms with Crippen LogP contribution >= 0.6 is 27.3 Å². The van der Waals surface area contributed by atoms with Crippen molar-refractivity contribution in [2.75, 3.05) is 7.05 Å². The quantitative estimate of drug-likeness (QED) is 0.850. The standard InChI is InChI=1S/C13H14BrFN2O2S2/c1-17(7-10-5-13(14)20-8-10)21(18,19)12-4-9(6-16)2-3-11(12)15/h2-5,8H,6-7,16H2,1H3. The summed E-state index contributed by atoms with van der Waals surface area (Å²) < 4.78 is 40.8. The van der Waals surface area contributed by atoms with E-state index in [1.807, 2.05) is 11.4 Å². The van der Waals surface area contributed by atoms with E-state index in [-0.39, 0.29) is 18.0 Å². The average molecular weight is 393 g/mol. The van der Waals surface area contributed by atoms with Gasteiger partial charge in [-0.3, -0.25) is 0 Å². The number of nitrogens with zero attached hydrogens (tertiary/aromatic N) is 1. The van der Waals surface area contributed by atoms with Crippen LogP contribution in [0.3, 0.4) is 0 Å². The summed E-state index contributed by atoms with van der Waals surface area (Å²) in [5.74, 6) is -0.773. The Balaban J connectivity index is 2.32. The number of nitrogens with two attached hydrogens (primary N) is 1. The summed E-state index contributed by atoms with van der Waals surface area (Å²) in [5.41, 5.74) is 6.89. The summed E-state index contributed by atoms with van der Waals surface area (Å²) >= 11 is 4.79. The van der Waals surface area contributed by atoms with Crippen molar-refractivity contribution in [2.45, 2.75) is 18.0 Å². The second-order valence-electron chi connectivity index (χ2n) is 4.49. The summed E-state index contributed by atoms with van der Waals surface area (Å²) in [7, 11) is -2.47. The summed E-state index contributed by atoms with van der Waals surface area (Å²) in [6.45, 7) is 0.334. The van der Waals surface area contributed by atoms with Gasteiger partial charge in [-0.2, -0.15) is 4.31 Å². The Hall–Kier alpha value is -0.800. The molecule has 0 spiro atoms. The largest absolute Gasteiger partial charge is 0.326 e. The van der Waals surface area contributed by atoms with E-state index in [2.05, 4.69) is 15.9 Å². The number of halogens is 2. The molecule has 2 N–H and O–H groups in total. The Morgan fingerprint density at radius 3 is 2.62 bits per heavy atom. The summed E-state index contributed by atoms with van der Waals surface area (Å²) in [6, 6.07) is 5.72. The molecular weight excluding hydrogens is 379 g/mol. The molecule has 0 bridgehead atoms. The minimum absolute atomic E-state index is 0.157. The first-order chi connectivity index (χ1) is 9.84. The number of rotatable bonds is 5. The highest BCUT2D eigenvalue weighted by Gasteiger charge is 2.25. The van der Waals surface area contributed by atoms with Gasteiger partial charge in [-0.1, -0.05) is 6.07 Å². The molecule has 0 aliphatic rings. The fraction of sp³-hybridized carbons (Fsp3) is 0.231. The maximum atomic E-state index is 13.9. The Bertz CT molecular complexity index is 746. The minimum atomic E-state index is -3.90. The van der Waals surface area contributed by atoms with Gasteiger partial charge in [0.15, 0.2) is 0 Å². The highest BCUT2D eigenvalue weighted by molar-refractivity contribution is 9.11. The van der Waals surface area contributed by atoms with Gasteiger partial charge in [-0.15, -0.1) is 11.3 Å². The molecule has 8 heteroatoms. The van der Waals surface area contributed by atoms with Gasteiger partial charge in [0, 0.05) is 20.1 Å². The van der Waals surface area contributed by atoms with Crippen molar-refractivity contribution in [3.05, 3.63) is 50.4 Å². The molecule has 0 saturated carbocycles. The maximum Gasteiger partial charge on any atom is 0.246 e. The van der Waals surface area contributed by atoms with Crippen LogP contribution in [0.25, 0.3) is 0 Å². The van der Waals surface area contributed by atoms with Crippen molar-refractivity contribution >= 4 is 37.3 Å². The lowest BCUT2D eigenvalue weighted by atomic mass is 10.2. The smallest absolute Gasteiger partial charge is 0.246 e. The molecule has 0 amide bonds. The Kier molecular flexibility index (Phi) is 5.15. The van der Waals surface area contributed by atoms with Crippen LogP contribution in [-0.2, 0) is 23.1 Å². The first kappa shape index (κ1) is 16.6. The first-order valence-electron chi connectivity index (χ1n) is 6.02. The lowest BCUT2D eigenvalue weighted by Crippen LogP contribution is -2.27. The lowest BCUT2D eigenvalue weighted by Gasteiger charge is -2.17. The fourth-order valence-electron chi connectivity index (χ4n) is 1.81. The number of hydrogen-bond acceptors (Lipinski definition) is 4. The van der Waals surface area contributed by atoms with Gasteiger partial charge in [0.05, 0.1) is 3.79 Å². The zero-order valence-corrected chi connectivity index (χ0v) is 14.4. The third-order valence-corrected chi connectivity index (χ3v) is 6.32. The highest BCUT2D eigenvalue weighted by atomic mass is 79.9. The predicted octanol–water partition coefficient (Wildman–Crippen LogP) is 2.93. The minimum Gasteiger partial charge on any atom is -0.326 e. The number of benzene rings is 1. The van der Waals surface area contributed by atoms with Gasteiger partial charge < -0.3 is 5.73 Å². The SMILES string of the molecule is CN(Cc1csc(Br)c1)S(=O)(=O)c1cc(CN)ccc1F. The van der Waals surface area contributed by atoms with Crippen LogP contribution in [-0.4, -0.2) is 19.8 Å². The summed E-state index contributed by atoms with van der Waals surface area (Å²) in [4.78, 5) is -0.345. The second kappa shape index (κ2) is 6.53. The summed E-state index contributed by atoms with van der Waals surface area (Å²) in [6.07, 6.45) is 0. The third kappa shape index (κ3) is 3.70. The van der Waals surface area contributed by atoms with Crippen LogP contribution in [0.15, 0.2) is 38.3 Å². The van der Waals surface area contributed by atoms with Gasteiger partial charge in [0.2, 0.25) is 10.0 Å². The van der Waals surface area contributed by atoms with Gasteiger partial charge >= 0.3 is 0 Å². The molecule has 0 fully saturated rings. The van der Waals surface area contributed by atoms with Crippen LogP contribution in [0.4, 0.5) is 4.39 Å².